The van der Waals surface area contributed by atoms with E-state index in [9.17, 15) is 0 Å². The van der Waals surface area contributed by atoms with Gasteiger partial charge in [0.25, 0.3) is 0 Å². The maximum atomic E-state index is 4.50. The number of hydrogen-bond acceptors (Lipinski definition) is 5. The Kier molecular flexibility index (Phi) is 3.44. The summed E-state index contributed by atoms with van der Waals surface area (Å²) in [5.74, 6) is 0.980. The molecular weight excluding hydrogens is 276 g/mol. The molecule has 4 heterocycles. The van der Waals surface area contributed by atoms with E-state index in [1.54, 1.807) is 6.20 Å². The Morgan fingerprint density at radius 3 is 3.05 bits per heavy atom. The van der Waals surface area contributed by atoms with Gasteiger partial charge in [0.2, 0.25) is 0 Å². The number of pyridine rings is 1. The van der Waals surface area contributed by atoms with Gasteiger partial charge in [-0.3, -0.25) is 4.98 Å². The Balaban J connectivity index is 1.70. The predicted molar refractivity (Wildman–Crippen MR) is 85.7 cm³/mol. The zero-order valence-corrected chi connectivity index (χ0v) is 12.2. The maximum absolute atomic E-state index is 4.50. The molecule has 6 heteroatoms. The summed E-state index contributed by atoms with van der Waals surface area (Å²) in [7, 11) is 0. The molecule has 1 fully saturated rings. The molecule has 2 N–H and O–H groups in total. The average Bonchev–Trinajstić information content (AvgIpc) is 3.02. The van der Waals surface area contributed by atoms with Crippen molar-refractivity contribution >= 4 is 11.5 Å². The average molecular weight is 294 g/mol. The smallest absolute Gasteiger partial charge is 0.165 e. The fraction of sp³-hybridized carbons (Fsp3) is 0.312. The van der Waals surface area contributed by atoms with Crippen LogP contribution in [-0.4, -0.2) is 38.7 Å². The van der Waals surface area contributed by atoms with Gasteiger partial charge in [0, 0.05) is 42.3 Å². The van der Waals surface area contributed by atoms with Crippen molar-refractivity contribution in [3.63, 3.8) is 0 Å². The van der Waals surface area contributed by atoms with Gasteiger partial charge in [0.05, 0.1) is 6.20 Å². The Hall–Kier alpha value is -2.47. The summed E-state index contributed by atoms with van der Waals surface area (Å²) in [5, 5.41) is 11.5. The van der Waals surface area contributed by atoms with Gasteiger partial charge >= 0.3 is 0 Å². The van der Waals surface area contributed by atoms with Gasteiger partial charge in [-0.25, -0.2) is 4.98 Å². The first-order valence-electron chi connectivity index (χ1n) is 7.62. The zero-order chi connectivity index (χ0) is 14.8. The predicted octanol–water partition coefficient (Wildman–Crippen LogP) is 1.96. The van der Waals surface area contributed by atoms with Crippen LogP contribution < -0.4 is 10.6 Å². The van der Waals surface area contributed by atoms with Crippen molar-refractivity contribution in [1.82, 2.24) is 24.9 Å². The van der Waals surface area contributed by atoms with E-state index in [-0.39, 0.29) is 0 Å². The first-order chi connectivity index (χ1) is 10.9. The lowest BCUT2D eigenvalue weighted by Crippen LogP contribution is -2.38. The fourth-order valence-corrected chi connectivity index (χ4v) is 2.91. The van der Waals surface area contributed by atoms with Gasteiger partial charge in [-0.2, -0.15) is 9.61 Å². The van der Waals surface area contributed by atoms with Crippen molar-refractivity contribution < 1.29 is 0 Å². The molecule has 0 saturated carbocycles. The number of piperidine rings is 1. The van der Waals surface area contributed by atoms with E-state index in [1.165, 1.54) is 12.8 Å². The van der Waals surface area contributed by atoms with E-state index in [0.29, 0.717) is 6.04 Å². The van der Waals surface area contributed by atoms with Crippen molar-refractivity contribution in [2.24, 2.45) is 0 Å². The molecule has 0 radical (unpaired) electrons. The molecule has 22 heavy (non-hydrogen) atoms. The van der Waals surface area contributed by atoms with Gasteiger partial charge in [-0.1, -0.05) is 6.07 Å². The van der Waals surface area contributed by atoms with Crippen LogP contribution in [0, 0.1) is 0 Å². The molecule has 4 rings (SSSR count). The number of anilines is 1. The molecule has 0 bridgehead atoms. The molecule has 1 unspecified atom stereocenters. The van der Waals surface area contributed by atoms with E-state index in [1.807, 2.05) is 41.3 Å². The van der Waals surface area contributed by atoms with Gasteiger partial charge < -0.3 is 10.6 Å². The standard InChI is InChI=1S/C16H18N6/c1-3-12(9-17-6-1)14-11-20-22-15(5-8-19-16(14)22)21-13-4-2-7-18-10-13/h1,3,5-6,8-9,11,13,18,21H,2,4,7,10H2. The van der Waals surface area contributed by atoms with Crippen molar-refractivity contribution in [3.05, 3.63) is 43.0 Å². The van der Waals surface area contributed by atoms with Crippen LogP contribution in [0.3, 0.4) is 0 Å². The van der Waals surface area contributed by atoms with Crippen molar-refractivity contribution in [2.45, 2.75) is 18.9 Å². The third-order valence-corrected chi connectivity index (χ3v) is 4.02. The third-order valence-electron chi connectivity index (χ3n) is 4.02. The van der Waals surface area contributed by atoms with Crippen molar-refractivity contribution in [2.75, 3.05) is 18.4 Å². The fourth-order valence-electron chi connectivity index (χ4n) is 2.91. The summed E-state index contributed by atoms with van der Waals surface area (Å²) in [4.78, 5) is 8.66. The topological polar surface area (TPSA) is 67.1 Å². The molecule has 6 nitrogen and oxygen atoms in total. The highest BCUT2D eigenvalue weighted by Gasteiger charge is 2.15. The molecule has 3 aromatic rings. The normalized spacial score (nSPS) is 18.5. The Bertz CT molecular complexity index is 761. The van der Waals surface area contributed by atoms with Crippen LogP contribution in [0.4, 0.5) is 5.82 Å². The summed E-state index contributed by atoms with van der Waals surface area (Å²) in [5.41, 5.74) is 2.88. The monoisotopic (exact) mass is 294 g/mol. The molecule has 112 valence electrons. The number of aromatic nitrogens is 4. The maximum Gasteiger partial charge on any atom is 0.165 e. The highest BCUT2D eigenvalue weighted by molar-refractivity contribution is 5.77. The van der Waals surface area contributed by atoms with Gasteiger partial charge in [0.15, 0.2) is 5.65 Å². The Morgan fingerprint density at radius 1 is 1.23 bits per heavy atom. The summed E-state index contributed by atoms with van der Waals surface area (Å²) in [6.07, 6.45) is 9.66. The van der Waals surface area contributed by atoms with Crippen LogP contribution in [-0.2, 0) is 0 Å². The van der Waals surface area contributed by atoms with Crippen LogP contribution in [0.1, 0.15) is 12.8 Å². The lowest BCUT2D eigenvalue weighted by molar-refractivity contribution is 0.478. The molecule has 0 spiro atoms. The molecule has 1 atom stereocenters. The van der Waals surface area contributed by atoms with E-state index in [4.69, 9.17) is 0 Å². The van der Waals surface area contributed by atoms with E-state index in [0.717, 1.165) is 35.7 Å². The van der Waals surface area contributed by atoms with Gasteiger partial charge in [0.1, 0.15) is 5.82 Å². The van der Waals surface area contributed by atoms with Crippen LogP contribution in [0.15, 0.2) is 43.0 Å². The largest absolute Gasteiger partial charge is 0.366 e. The summed E-state index contributed by atoms with van der Waals surface area (Å²) >= 11 is 0. The van der Waals surface area contributed by atoms with Crippen LogP contribution >= 0.6 is 0 Å². The molecule has 3 aromatic heterocycles. The number of hydrogen-bond donors (Lipinski definition) is 2. The molecule has 0 amide bonds. The molecule has 0 aliphatic carbocycles. The lowest BCUT2D eigenvalue weighted by atomic mass is 10.1. The van der Waals surface area contributed by atoms with Gasteiger partial charge in [-0.15, -0.1) is 0 Å². The summed E-state index contributed by atoms with van der Waals surface area (Å²) in [6.45, 7) is 2.09. The Morgan fingerprint density at radius 2 is 2.23 bits per heavy atom. The first kappa shape index (κ1) is 13.2. The number of fused-ring (bicyclic) bond motifs is 1. The van der Waals surface area contributed by atoms with Crippen LogP contribution in [0.25, 0.3) is 16.8 Å². The highest BCUT2D eigenvalue weighted by atomic mass is 15.3. The van der Waals surface area contributed by atoms with Crippen molar-refractivity contribution in [1.29, 1.82) is 0 Å². The number of nitrogens with one attached hydrogen (secondary N) is 2. The minimum Gasteiger partial charge on any atom is -0.366 e. The van der Waals surface area contributed by atoms with Crippen LogP contribution in [0.5, 0.6) is 0 Å². The summed E-state index contributed by atoms with van der Waals surface area (Å²) < 4.78 is 1.87. The number of nitrogens with zero attached hydrogens (tertiary/aromatic N) is 4. The molecule has 1 aliphatic heterocycles. The van der Waals surface area contributed by atoms with Crippen molar-refractivity contribution in [3.8, 4) is 11.1 Å². The van der Waals surface area contributed by atoms with E-state index in [2.05, 4.69) is 25.7 Å². The molecule has 0 aromatic carbocycles. The van der Waals surface area contributed by atoms with Crippen LogP contribution in [0.2, 0.25) is 0 Å². The minimum absolute atomic E-state index is 0.436. The third kappa shape index (κ3) is 2.42. The quantitative estimate of drug-likeness (QED) is 0.773. The first-order valence-corrected chi connectivity index (χ1v) is 7.62. The molecule has 1 saturated heterocycles. The van der Waals surface area contributed by atoms with E-state index >= 15 is 0 Å². The minimum atomic E-state index is 0.436. The SMILES string of the molecule is c1cncc(-c2cnn3c(NC4CCCNC4)ccnc23)c1. The van der Waals surface area contributed by atoms with Gasteiger partial charge in [-0.05, 0) is 31.5 Å². The highest BCUT2D eigenvalue weighted by Crippen LogP contribution is 2.24. The second kappa shape index (κ2) is 5.73. The number of rotatable bonds is 3. The summed E-state index contributed by atoms with van der Waals surface area (Å²) in [6, 6.07) is 6.36. The lowest BCUT2D eigenvalue weighted by Gasteiger charge is -2.24. The Labute approximate surface area is 128 Å². The molecule has 1 aliphatic rings. The second-order valence-corrected chi connectivity index (χ2v) is 5.55. The zero-order valence-electron chi connectivity index (χ0n) is 12.2. The second-order valence-electron chi connectivity index (χ2n) is 5.55. The molecular formula is C16H18N6. The van der Waals surface area contributed by atoms with E-state index < -0.39 is 0 Å².